The molecule has 0 bridgehead atoms. The summed E-state index contributed by atoms with van der Waals surface area (Å²) in [6.07, 6.45) is 0. The van der Waals surface area contributed by atoms with Crippen LogP contribution in [0, 0.1) is 6.92 Å². The largest absolute Gasteiger partial charge is 0.482 e. The van der Waals surface area contributed by atoms with Crippen molar-refractivity contribution in [3.05, 3.63) is 26.6 Å². The second kappa shape index (κ2) is 9.43. The smallest absolute Gasteiger partial charge is 0.257 e. The lowest BCUT2D eigenvalue weighted by atomic mass is 10.2. The van der Waals surface area contributed by atoms with E-state index in [-0.39, 0.29) is 12.5 Å². The van der Waals surface area contributed by atoms with Crippen LogP contribution in [0.4, 0.5) is 0 Å². The summed E-state index contributed by atoms with van der Waals surface area (Å²) in [6, 6.07) is 3.86. The minimum absolute atomic E-state index is 0.0271. The molecule has 1 N–H and O–H groups in total. The third-order valence-electron chi connectivity index (χ3n) is 3.19. The number of ether oxygens (including phenoxy) is 1. The molecule has 0 heterocycles. The molecule has 1 amide bonds. The van der Waals surface area contributed by atoms with E-state index in [1.54, 1.807) is 0 Å². The fourth-order valence-corrected chi connectivity index (χ4v) is 3.51. The number of hydrogen-bond acceptors (Lipinski definition) is 3. The Kier molecular flexibility index (Phi) is 8.29. The van der Waals surface area contributed by atoms with Gasteiger partial charge in [-0.05, 0) is 53.6 Å². The van der Waals surface area contributed by atoms with Gasteiger partial charge in [-0.2, -0.15) is 0 Å². The Morgan fingerprint density at radius 2 is 1.95 bits per heavy atom. The van der Waals surface area contributed by atoms with E-state index in [0.29, 0.717) is 12.3 Å². The van der Waals surface area contributed by atoms with Gasteiger partial charge in [-0.25, -0.2) is 0 Å². The molecule has 0 aliphatic rings. The maximum absolute atomic E-state index is 11.8. The fourth-order valence-electron chi connectivity index (χ4n) is 1.95. The molecule has 1 aromatic carbocycles. The molecule has 118 valence electrons. The van der Waals surface area contributed by atoms with Crippen LogP contribution in [0.1, 0.15) is 19.4 Å². The van der Waals surface area contributed by atoms with E-state index in [4.69, 9.17) is 4.74 Å². The first-order valence-corrected chi connectivity index (χ1v) is 8.64. The van der Waals surface area contributed by atoms with Gasteiger partial charge >= 0.3 is 0 Å². The Balaban J connectivity index is 2.40. The van der Waals surface area contributed by atoms with Crippen LogP contribution in [0.2, 0.25) is 0 Å². The van der Waals surface area contributed by atoms with Crippen LogP contribution in [0.25, 0.3) is 0 Å². The number of benzene rings is 1. The lowest BCUT2D eigenvalue weighted by Gasteiger charge is -2.18. The van der Waals surface area contributed by atoms with E-state index in [9.17, 15) is 4.79 Å². The summed E-state index contributed by atoms with van der Waals surface area (Å²) in [5.41, 5.74) is 0.979. The molecule has 0 unspecified atom stereocenters. The molecule has 1 rings (SSSR count). The van der Waals surface area contributed by atoms with Crippen molar-refractivity contribution in [1.82, 2.24) is 10.2 Å². The number of carbonyl (C=O) groups excluding carboxylic acids is 1. The molecule has 4 nitrogen and oxygen atoms in total. The van der Waals surface area contributed by atoms with E-state index in [0.717, 1.165) is 34.1 Å². The summed E-state index contributed by atoms with van der Waals surface area (Å²) in [6.45, 7) is 9.69. The second-order valence-corrected chi connectivity index (χ2v) is 6.47. The fraction of sp³-hybridized carbons (Fsp3) is 0.533. The van der Waals surface area contributed by atoms with Crippen LogP contribution in [0.5, 0.6) is 5.75 Å². The van der Waals surface area contributed by atoms with Crippen LogP contribution in [-0.4, -0.2) is 43.6 Å². The van der Waals surface area contributed by atoms with E-state index < -0.39 is 0 Å². The number of hydrogen-bond donors (Lipinski definition) is 1. The zero-order chi connectivity index (χ0) is 15.8. The van der Waals surface area contributed by atoms with Gasteiger partial charge in [-0.3, -0.25) is 4.79 Å². The quantitative estimate of drug-likeness (QED) is 0.699. The van der Waals surface area contributed by atoms with Gasteiger partial charge in [0.2, 0.25) is 0 Å². The van der Waals surface area contributed by atoms with Crippen molar-refractivity contribution in [3.8, 4) is 5.75 Å². The molecule has 1 aromatic rings. The Morgan fingerprint density at radius 3 is 2.52 bits per heavy atom. The Bertz CT molecular complexity index is 454. The van der Waals surface area contributed by atoms with Crippen molar-refractivity contribution in [2.45, 2.75) is 20.8 Å². The van der Waals surface area contributed by atoms with Gasteiger partial charge in [0.15, 0.2) is 6.61 Å². The van der Waals surface area contributed by atoms with Gasteiger partial charge in [0.25, 0.3) is 5.91 Å². The first-order chi connectivity index (χ1) is 9.97. The topological polar surface area (TPSA) is 41.6 Å². The molecule has 0 aliphatic heterocycles. The molecule has 0 saturated heterocycles. The highest BCUT2D eigenvalue weighted by Crippen LogP contribution is 2.32. The first-order valence-electron chi connectivity index (χ1n) is 7.05. The van der Waals surface area contributed by atoms with Gasteiger partial charge in [-0.15, -0.1) is 0 Å². The molecular weight excluding hydrogens is 400 g/mol. The predicted octanol–water partition coefficient (Wildman–Crippen LogP) is 3.36. The number of amides is 1. The minimum atomic E-state index is -0.101. The summed E-state index contributed by atoms with van der Waals surface area (Å²) in [7, 11) is 0. The Labute approximate surface area is 143 Å². The number of rotatable bonds is 8. The molecule has 0 spiro atoms. The summed E-state index contributed by atoms with van der Waals surface area (Å²) < 4.78 is 7.41. The van der Waals surface area contributed by atoms with Crippen LogP contribution in [-0.2, 0) is 4.79 Å². The Hall–Kier alpha value is -0.590. The molecule has 0 saturated carbocycles. The van der Waals surface area contributed by atoms with Crippen molar-refractivity contribution in [2.24, 2.45) is 0 Å². The first kappa shape index (κ1) is 18.5. The van der Waals surface area contributed by atoms with Gasteiger partial charge in [-0.1, -0.05) is 29.8 Å². The number of nitrogens with zero attached hydrogens (tertiary/aromatic N) is 1. The maximum atomic E-state index is 11.8. The monoisotopic (exact) mass is 420 g/mol. The number of aryl methyl sites for hydroxylation is 1. The standard InChI is InChI=1S/C15H22Br2N2O2/c1-4-19(5-2)7-6-18-14(20)10-21-15-11(3)8-12(16)9-13(15)17/h8-9H,4-7,10H2,1-3H3,(H,18,20). The van der Waals surface area contributed by atoms with Crippen molar-refractivity contribution in [3.63, 3.8) is 0 Å². The zero-order valence-electron chi connectivity index (χ0n) is 12.7. The van der Waals surface area contributed by atoms with Gasteiger partial charge in [0, 0.05) is 17.6 Å². The van der Waals surface area contributed by atoms with Crippen molar-refractivity contribution in [1.29, 1.82) is 0 Å². The molecule has 21 heavy (non-hydrogen) atoms. The third-order valence-corrected chi connectivity index (χ3v) is 4.23. The van der Waals surface area contributed by atoms with E-state index in [2.05, 4.69) is 55.9 Å². The molecule has 0 atom stereocenters. The average molecular weight is 422 g/mol. The molecular formula is C15H22Br2N2O2. The van der Waals surface area contributed by atoms with Crippen molar-refractivity contribution >= 4 is 37.8 Å². The summed E-state index contributed by atoms with van der Waals surface area (Å²) in [4.78, 5) is 14.0. The highest BCUT2D eigenvalue weighted by Gasteiger charge is 2.09. The maximum Gasteiger partial charge on any atom is 0.257 e. The van der Waals surface area contributed by atoms with Crippen molar-refractivity contribution in [2.75, 3.05) is 32.8 Å². The molecule has 6 heteroatoms. The summed E-state index contributed by atoms with van der Waals surface area (Å²) >= 11 is 6.86. The number of carbonyl (C=O) groups is 1. The molecule has 0 aliphatic carbocycles. The van der Waals surface area contributed by atoms with Crippen LogP contribution >= 0.6 is 31.9 Å². The van der Waals surface area contributed by atoms with Gasteiger partial charge in [0.1, 0.15) is 5.75 Å². The molecule has 0 radical (unpaired) electrons. The minimum Gasteiger partial charge on any atom is -0.482 e. The SMILES string of the molecule is CCN(CC)CCNC(=O)COc1c(C)cc(Br)cc1Br. The normalized spacial score (nSPS) is 10.8. The predicted molar refractivity (Wildman–Crippen MR) is 92.9 cm³/mol. The van der Waals surface area contributed by atoms with E-state index in [1.807, 2.05) is 19.1 Å². The van der Waals surface area contributed by atoms with Crippen molar-refractivity contribution < 1.29 is 9.53 Å². The molecule has 0 fully saturated rings. The lowest BCUT2D eigenvalue weighted by molar-refractivity contribution is -0.123. The van der Waals surface area contributed by atoms with E-state index in [1.165, 1.54) is 0 Å². The third kappa shape index (κ3) is 6.36. The number of likely N-dealkylation sites (N-methyl/N-ethyl adjacent to an activating group) is 1. The van der Waals surface area contributed by atoms with E-state index >= 15 is 0 Å². The lowest BCUT2D eigenvalue weighted by Crippen LogP contribution is -2.36. The Morgan fingerprint density at radius 1 is 1.29 bits per heavy atom. The van der Waals surface area contributed by atoms with Crippen LogP contribution < -0.4 is 10.1 Å². The molecule has 0 aromatic heterocycles. The number of nitrogens with one attached hydrogen (secondary N) is 1. The summed E-state index contributed by atoms with van der Waals surface area (Å²) in [5, 5.41) is 2.87. The van der Waals surface area contributed by atoms with Crippen LogP contribution in [0.3, 0.4) is 0 Å². The second-order valence-electron chi connectivity index (χ2n) is 4.70. The zero-order valence-corrected chi connectivity index (χ0v) is 15.9. The highest BCUT2D eigenvalue weighted by atomic mass is 79.9. The summed E-state index contributed by atoms with van der Waals surface area (Å²) in [5.74, 6) is 0.605. The number of halogens is 2. The highest BCUT2D eigenvalue weighted by molar-refractivity contribution is 9.11. The van der Waals surface area contributed by atoms with Gasteiger partial charge < -0.3 is 15.0 Å². The van der Waals surface area contributed by atoms with Gasteiger partial charge in [0.05, 0.1) is 4.47 Å². The average Bonchev–Trinajstić information content (AvgIpc) is 2.42. The van der Waals surface area contributed by atoms with Crippen LogP contribution in [0.15, 0.2) is 21.1 Å².